The zero-order chi connectivity index (χ0) is 9.97. The number of rotatable bonds is 2. The molecule has 1 aliphatic heterocycles. The first-order valence-electron chi connectivity index (χ1n) is 4.93. The molecule has 1 aliphatic rings. The second-order valence-electron chi connectivity index (χ2n) is 3.71. The van der Waals surface area contributed by atoms with Gasteiger partial charge in [-0.15, -0.1) is 0 Å². The van der Waals surface area contributed by atoms with E-state index in [4.69, 9.17) is 0 Å². The van der Waals surface area contributed by atoms with Gasteiger partial charge < -0.3 is 5.32 Å². The summed E-state index contributed by atoms with van der Waals surface area (Å²) < 4.78 is 13.8. The minimum Gasteiger partial charge on any atom is -0.314 e. The molecule has 14 heavy (non-hydrogen) atoms. The maximum Gasteiger partial charge on any atom is 0.137 e. The van der Waals surface area contributed by atoms with E-state index in [1.807, 2.05) is 6.07 Å². The zero-order valence-corrected chi connectivity index (χ0v) is 9.48. The molecular weight excluding hydrogens is 245 g/mol. The van der Waals surface area contributed by atoms with Gasteiger partial charge in [-0.3, -0.25) is 0 Å². The van der Waals surface area contributed by atoms with E-state index in [2.05, 4.69) is 21.2 Å². The molecule has 1 aromatic rings. The Hall–Kier alpha value is -0.410. The van der Waals surface area contributed by atoms with Crippen molar-refractivity contribution in [1.29, 1.82) is 0 Å². The number of benzene rings is 1. The van der Waals surface area contributed by atoms with Gasteiger partial charge in [0.05, 0.1) is 4.47 Å². The Morgan fingerprint density at radius 3 is 3.07 bits per heavy atom. The molecule has 1 fully saturated rings. The summed E-state index contributed by atoms with van der Waals surface area (Å²) in [5.41, 5.74) is 1.06. The van der Waals surface area contributed by atoms with Crippen LogP contribution in [0.5, 0.6) is 0 Å². The topological polar surface area (TPSA) is 12.0 Å². The zero-order valence-electron chi connectivity index (χ0n) is 7.89. The molecule has 1 atom stereocenters. The minimum absolute atomic E-state index is 0.166. The Bertz CT molecular complexity index is 321. The van der Waals surface area contributed by atoms with Crippen LogP contribution in [0.25, 0.3) is 0 Å². The molecule has 0 spiro atoms. The van der Waals surface area contributed by atoms with Crippen LogP contribution in [0.3, 0.4) is 0 Å². The van der Waals surface area contributed by atoms with Gasteiger partial charge >= 0.3 is 0 Å². The van der Waals surface area contributed by atoms with Crippen molar-refractivity contribution in [3.05, 3.63) is 34.1 Å². The van der Waals surface area contributed by atoms with E-state index in [-0.39, 0.29) is 5.82 Å². The first kappa shape index (κ1) is 10.1. The Balaban J connectivity index is 2.11. The first-order chi connectivity index (χ1) is 6.77. The van der Waals surface area contributed by atoms with E-state index in [1.54, 1.807) is 6.07 Å². The molecule has 1 heterocycles. The SMILES string of the molecule is Fc1cccc(CC2CCCN2)c1Br. The Kier molecular flexibility index (Phi) is 3.19. The van der Waals surface area contributed by atoms with Crippen LogP contribution in [0.2, 0.25) is 0 Å². The average molecular weight is 258 g/mol. The lowest BCUT2D eigenvalue weighted by Gasteiger charge is -2.11. The molecule has 2 rings (SSSR count). The highest BCUT2D eigenvalue weighted by Crippen LogP contribution is 2.23. The molecule has 0 amide bonds. The summed E-state index contributed by atoms with van der Waals surface area (Å²) in [4.78, 5) is 0. The van der Waals surface area contributed by atoms with Crippen molar-refractivity contribution in [2.45, 2.75) is 25.3 Å². The van der Waals surface area contributed by atoms with Crippen LogP contribution in [0, 0.1) is 5.82 Å². The van der Waals surface area contributed by atoms with E-state index in [9.17, 15) is 4.39 Å². The fourth-order valence-electron chi connectivity index (χ4n) is 1.90. The number of hydrogen-bond donors (Lipinski definition) is 1. The van der Waals surface area contributed by atoms with Crippen LogP contribution in [0.15, 0.2) is 22.7 Å². The molecule has 1 unspecified atom stereocenters. The van der Waals surface area contributed by atoms with Gasteiger partial charge in [0.2, 0.25) is 0 Å². The highest BCUT2D eigenvalue weighted by Gasteiger charge is 2.16. The molecular formula is C11H13BrFN. The summed E-state index contributed by atoms with van der Waals surface area (Å²) in [7, 11) is 0. The van der Waals surface area contributed by atoms with E-state index >= 15 is 0 Å². The van der Waals surface area contributed by atoms with Gasteiger partial charge in [0.25, 0.3) is 0 Å². The quantitative estimate of drug-likeness (QED) is 0.860. The molecule has 3 heteroatoms. The molecule has 76 valence electrons. The first-order valence-corrected chi connectivity index (χ1v) is 5.73. The highest BCUT2D eigenvalue weighted by molar-refractivity contribution is 9.10. The van der Waals surface area contributed by atoms with Crippen LogP contribution in [0.4, 0.5) is 4.39 Å². The molecule has 0 bridgehead atoms. The summed E-state index contributed by atoms with van der Waals surface area (Å²) in [6, 6.07) is 5.75. The normalized spacial score (nSPS) is 21.4. The average Bonchev–Trinajstić information content (AvgIpc) is 2.66. The van der Waals surface area contributed by atoms with E-state index < -0.39 is 0 Å². The molecule has 1 N–H and O–H groups in total. The molecule has 0 aliphatic carbocycles. The van der Waals surface area contributed by atoms with Crippen molar-refractivity contribution in [1.82, 2.24) is 5.32 Å². The lowest BCUT2D eigenvalue weighted by molar-refractivity contribution is 0.588. The van der Waals surface area contributed by atoms with Gasteiger partial charge in [-0.25, -0.2) is 4.39 Å². The largest absolute Gasteiger partial charge is 0.314 e. The molecule has 1 aromatic carbocycles. The summed E-state index contributed by atoms with van der Waals surface area (Å²) >= 11 is 3.28. The highest BCUT2D eigenvalue weighted by atomic mass is 79.9. The van der Waals surface area contributed by atoms with Crippen molar-refractivity contribution in [2.24, 2.45) is 0 Å². The van der Waals surface area contributed by atoms with Gasteiger partial charge in [0, 0.05) is 6.04 Å². The summed E-state index contributed by atoms with van der Waals surface area (Å²) in [6.45, 7) is 1.09. The van der Waals surface area contributed by atoms with Gasteiger partial charge in [-0.05, 0) is 53.4 Å². The molecule has 0 radical (unpaired) electrons. The fraction of sp³-hybridized carbons (Fsp3) is 0.455. The third-order valence-corrected chi connectivity index (χ3v) is 3.55. The van der Waals surface area contributed by atoms with Crippen molar-refractivity contribution in [3.8, 4) is 0 Å². The summed E-state index contributed by atoms with van der Waals surface area (Å²) in [5, 5.41) is 3.41. The molecule has 0 aromatic heterocycles. The van der Waals surface area contributed by atoms with Gasteiger partial charge in [0.15, 0.2) is 0 Å². The Labute approximate surface area is 91.8 Å². The Morgan fingerprint density at radius 1 is 1.50 bits per heavy atom. The monoisotopic (exact) mass is 257 g/mol. The summed E-state index contributed by atoms with van der Waals surface area (Å²) in [6.07, 6.45) is 3.35. The number of nitrogens with one attached hydrogen (secondary N) is 1. The molecule has 1 saturated heterocycles. The smallest absolute Gasteiger partial charge is 0.137 e. The van der Waals surface area contributed by atoms with Crippen molar-refractivity contribution in [3.63, 3.8) is 0 Å². The fourth-order valence-corrected chi connectivity index (χ4v) is 2.33. The second kappa shape index (κ2) is 4.41. The van der Waals surface area contributed by atoms with Crippen LogP contribution >= 0.6 is 15.9 Å². The Morgan fingerprint density at radius 2 is 2.36 bits per heavy atom. The third-order valence-electron chi connectivity index (χ3n) is 2.66. The minimum atomic E-state index is -0.166. The van der Waals surface area contributed by atoms with Crippen LogP contribution in [-0.2, 0) is 6.42 Å². The van der Waals surface area contributed by atoms with Gasteiger partial charge in [0.1, 0.15) is 5.82 Å². The van der Waals surface area contributed by atoms with Crippen molar-refractivity contribution >= 4 is 15.9 Å². The lowest BCUT2D eigenvalue weighted by Crippen LogP contribution is -2.23. The van der Waals surface area contributed by atoms with Crippen LogP contribution in [0.1, 0.15) is 18.4 Å². The van der Waals surface area contributed by atoms with Crippen LogP contribution < -0.4 is 5.32 Å². The maximum atomic E-state index is 13.2. The van der Waals surface area contributed by atoms with Crippen LogP contribution in [-0.4, -0.2) is 12.6 Å². The van der Waals surface area contributed by atoms with Crippen molar-refractivity contribution < 1.29 is 4.39 Å². The van der Waals surface area contributed by atoms with E-state index in [0.717, 1.165) is 18.5 Å². The maximum absolute atomic E-state index is 13.2. The lowest BCUT2D eigenvalue weighted by atomic mass is 10.0. The second-order valence-corrected chi connectivity index (χ2v) is 4.50. The van der Waals surface area contributed by atoms with Gasteiger partial charge in [-0.1, -0.05) is 12.1 Å². The predicted octanol–water partition coefficient (Wildman–Crippen LogP) is 2.88. The molecule has 1 nitrogen and oxygen atoms in total. The van der Waals surface area contributed by atoms with Crippen molar-refractivity contribution in [2.75, 3.05) is 6.54 Å². The molecule has 0 saturated carbocycles. The standard InChI is InChI=1S/C11H13BrFN/c12-11-8(3-1-5-10(11)13)7-9-4-2-6-14-9/h1,3,5,9,14H,2,4,6-7H2. The summed E-state index contributed by atoms with van der Waals surface area (Å²) in [5.74, 6) is -0.166. The third kappa shape index (κ3) is 2.15. The predicted molar refractivity (Wildman–Crippen MR) is 58.8 cm³/mol. The van der Waals surface area contributed by atoms with Gasteiger partial charge in [-0.2, -0.15) is 0 Å². The number of hydrogen-bond acceptors (Lipinski definition) is 1. The van der Waals surface area contributed by atoms with E-state index in [0.29, 0.717) is 10.5 Å². The number of halogens is 2. The van der Waals surface area contributed by atoms with E-state index in [1.165, 1.54) is 18.9 Å².